The van der Waals surface area contributed by atoms with E-state index in [1.807, 2.05) is 4.90 Å². The summed E-state index contributed by atoms with van der Waals surface area (Å²) in [5.74, 6) is -0.368. The van der Waals surface area contributed by atoms with Crippen LogP contribution in [0.15, 0.2) is 12.7 Å². The highest BCUT2D eigenvalue weighted by Crippen LogP contribution is 2.21. The summed E-state index contributed by atoms with van der Waals surface area (Å²) in [5.41, 5.74) is 5.36. The lowest BCUT2D eigenvalue weighted by Crippen LogP contribution is -2.58. The zero-order chi connectivity index (χ0) is 13.1. The average Bonchev–Trinajstić information content (AvgIpc) is 2.72. The minimum atomic E-state index is -0.489. The van der Waals surface area contributed by atoms with Gasteiger partial charge in [0, 0.05) is 19.6 Å². The zero-order valence-electron chi connectivity index (χ0n) is 10.4. The van der Waals surface area contributed by atoms with Crippen molar-refractivity contribution < 1.29 is 14.3 Å². The number of amides is 2. The molecule has 2 fully saturated rings. The molecular formula is C12H19N3O3. The molecule has 0 aromatic heterocycles. The highest BCUT2D eigenvalue weighted by Gasteiger charge is 2.41. The molecule has 18 heavy (non-hydrogen) atoms. The third-order valence-electron chi connectivity index (χ3n) is 3.52. The maximum Gasteiger partial charge on any atom is 0.240 e. The van der Waals surface area contributed by atoms with Crippen LogP contribution in [0.4, 0.5) is 0 Å². The van der Waals surface area contributed by atoms with Crippen LogP contribution in [0.1, 0.15) is 6.42 Å². The van der Waals surface area contributed by atoms with Crippen molar-refractivity contribution in [1.82, 2.24) is 9.80 Å². The van der Waals surface area contributed by atoms with Crippen molar-refractivity contribution in [3.8, 4) is 0 Å². The van der Waals surface area contributed by atoms with Crippen LogP contribution in [0.25, 0.3) is 0 Å². The number of likely N-dealkylation sites (tertiary alicyclic amines) is 1. The molecule has 2 N–H and O–H groups in total. The van der Waals surface area contributed by atoms with Gasteiger partial charge in [-0.25, -0.2) is 0 Å². The van der Waals surface area contributed by atoms with E-state index < -0.39 is 11.9 Å². The van der Waals surface area contributed by atoms with Gasteiger partial charge < -0.3 is 15.4 Å². The first-order valence-electron chi connectivity index (χ1n) is 6.17. The van der Waals surface area contributed by atoms with Crippen molar-refractivity contribution in [3.63, 3.8) is 0 Å². The molecule has 2 heterocycles. The van der Waals surface area contributed by atoms with Crippen molar-refractivity contribution in [3.05, 3.63) is 12.7 Å². The molecule has 0 aliphatic carbocycles. The normalized spacial score (nSPS) is 29.6. The fourth-order valence-electron chi connectivity index (χ4n) is 2.60. The number of ether oxygens (including phenoxy) is 1. The van der Waals surface area contributed by atoms with Crippen LogP contribution in [-0.4, -0.2) is 66.5 Å². The number of rotatable bonds is 4. The maximum absolute atomic E-state index is 12.2. The summed E-state index contributed by atoms with van der Waals surface area (Å²) >= 11 is 0. The summed E-state index contributed by atoms with van der Waals surface area (Å²) in [6, 6.07) is -0.734. The predicted molar refractivity (Wildman–Crippen MR) is 65.7 cm³/mol. The first kappa shape index (κ1) is 13.0. The molecule has 0 aromatic carbocycles. The van der Waals surface area contributed by atoms with Crippen LogP contribution in [0.5, 0.6) is 0 Å². The molecule has 2 atom stereocenters. The Kier molecular flexibility index (Phi) is 3.98. The number of hydrogen-bond acceptors (Lipinski definition) is 4. The Bertz CT molecular complexity index is 358. The third kappa shape index (κ3) is 2.39. The molecule has 2 aliphatic rings. The molecule has 2 amide bonds. The van der Waals surface area contributed by atoms with Crippen LogP contribution in [0.2, 0.25) is 0 Å². The molecule has 0 radical (unpaired) electrons. The third-order valence-corrected chi connectivity index (χ3v) is 3.52. The van der Waals surface area contributed by atoms with Crippen molar-refractivity contribution in [1.29, 1.82) is 0 Å². The van der Waals surface area contributed by atoms with E-state index in [1.54, 1.807) is 11.0 Å². The molecule has 0 aromatic rings. The molecule has 0 bridgehead atoms. The molecule has 2 aliphatic heterocycles. The Balaban J connectivity index is 2.08. The second kappa shape index (κ2) is 5.49. The number of carbonyl (C=O) groups is 2. The standard InChI is InChI=1S/C12H19N3O3/c1-2-4-14-5-3-9(12(14)17)15-6-7-18-8-10(15)11(13)16/h2,9-10H,1,3-8H2,(H2,13,16). The quantitative estimate of drug-likeness (QED) is 0.649. The Morgan fingerprint density at radius 2 is 2.33 bits per heavy atom. The Morgan fingerprint density at radius 1 is 1.56 bits per heavy atom. The molecule has 0 saturated carbocycles. The van der Waals surface area contributed by atoms with Gasteiger partial charge in [0.2, 0.25) is 11.8 Å². The minimum absolute atomic E-state index is 0.0584. The first-order chi connectivity index (χ1) is 8.65. The van der Waals surface area contributed by atoms with E-state index in [9.17, 15) is 9.59 Å². The molecule has 6 nitrogen and oxygen atoms in total. The van der Waals surface area contributed by atoms with Gasteiger partial charge in [0.1, 0.15) is 6.04 Å². The van der Waals surface area contributed by atoms with E-state index in [2.05, 4.69) is 6.58 Å². The van der Waals surface area contributed by atoms with Gasteiger partial charge >= 0.3 is 0 Å². The van der Waals surface area contributed by atoms with E-state index >= 15 is 0 Å². The molecular weight excluding hydrogens is 234 g/mol. The number of primary amides is 1. The lowest BCUT2D eigenvalue weighted by atomic mass is 10.1. The number of hydrogen-bond donors (Lipinski definition) is 1. The maximum atomic E-state index is 12.2. The highest BCUT2D eigenvalue weighted by atomic mass is 16.5. The largest absolute Gasteiger partial charge is 0.378 e. The van der Waals surface area contributed by atoms with Gasteiger partial charge in [0.05, 0.1) is 19.3 Å². The zero-order valence-corrected chi connectivity index (χ0v) is 10.4. The van der Waals surface area contributed by atoms with Crippen molar-refractivity contribution in [2.75, 3.05) is 32.8 Å². The minimum Gasteiger partial charge on any atom is -0.378 e. The van der Waals surface area contributed by atoms with E-state index in [0.717, 1.165) is 6.42 Å². The smallest absolute Gasteiger partial charge is 0.240 e. The molecule has 2 saturated heterocycles. The monoisotopic (exact) mass is 253 g/mol. The summed E-state index contributed by atoms with van der Waals surface area (Å²) in [5, 5.41) is 0. The Morgan fingerprint density at radius 3 is 3.00 bits per heavy atom. The predicted octanol–water partition coefficient (Wildman–Crippen LogP) is -1.04. The fraction of sp³-hybridized carbons (Fsp3) is 0.667. The number of nitrogens with zero attached hydrogens (tertiary/aromatic N) is 2. The van der Waals surface area contributed by atoms with Crippen LogP contribution >= 0.6 is 0 Å². The summed E-state index contributed by atoms with van der Waals surface area (Å²) in [6.45, 7) is 6.29. The average molecular weight is 253 g/mol. The second-order valence-electron chi connectivity index (χ2n) is 4.61. The van der Waals surface area contributed by atoms with Gasteiger partial charge in [-0.2, -0.15) is 0 Å². The molecule has 2 unspecified atom stereocenters. The van der Waals surface area contributed by atoms with Crippen LogP contribution in [0, 0.1) is 0 Å². The van der Waals surface area contributed by atoms with Crippen molar-refractivity contribution in [2.24, 2.45) is 5.73 Å². The van der Waals surface area contributed by atoms with Gasteiger partial charge in [-0.05, 0) is 6.42 Å². The second-order valence-corrected chi connectivity index (χ2v) is 4.61. The lowest BCUT2D eigenvalue weighted by Gasteiger charge is -2.36. The molecule has 100 valence electrons. The lowest BCUT2D eigenvalue weighted by molar-refractivity contribution is -0.139. The SMILES string of the molecule is C=CCN1CCC(N2CCOCC2C(N)=O)C1=O. The van der Waals surface area contributed by atoms with Gasteiger partial charge in [-0.3, -0.25) is 14.5 Å². The van der Waals surface area contributed by atoms with E-state index in [0.29, 0.717) is 26.2 Å². The van der Waals surface area contributed by atoms with Crippen molar-refractivity contribution in [2.45, 2.75) is 18.5 Å². The summed E-state index contributed by atoms with van der Waals surface area (Å²) in [4.78, 5) is 27.2. The summed E-state index contributed by atoms with van der Waals surface area (Å²) in [7, 11) is 0. The highest BCUT2D eigenvalue weighted by molar-refractivity contribution is 5.86. The van der Waals surface area contributed by atoms with Crippen LogP contribution < -0.4 is 5.73 Å². The van der Waals surface area contributed by atoms with Crippen LogP contribution in [0.3, 0.4) is 0 Å². The van der Waals surface area contributed by atoms with E-state index in [-0.39, 0.29) is 18.6 Å². The topological polar surface area (TPSA) is 75.9 Å². The summed E-state index contributed by atoms with van der Waals surface area (Å²) in [6.07, 6.45) is 2.45. The summed E-state index contributed by atoms with van der Waals surface area (Å²) < 4.78 is 5.26. The van der Waals surface area contributed by atoms with E-state index in [1.165, 1.54) is 0 Å². The van der Waals surface area contributed by atoms with Crippen molar-refractivity contribution >= 4 is 11.8 Å². The Hall–Kier alpha value is -1.40. The molecule has 6 heteroatoms. The van der Waals surface area contributed by atoms with Gasteiger partial charge in [0.25, 0.3) is 0 Å². The number of nitrogens with two attached hydrogens (primary N) is 1. The number of morpholine rings is 1. The molecule has 2 rings (SSSR count). The van der Waals surface area contributed by atoms with Gasteiger partial charge in [-0.1, -0.05) is 6.08 Å². The fourth-order valence-corrected chi connectivity index (χ4v) is 2.60. The van der Waals surface area contributed by atoms with Gasteiger partial charge in [-0.15, -0.1) is 6.58 Å². The first-order valence-corrected chi connectivity index (χ1v) is 6.17. The van der Waals surface area contributed by atoms with Crippen LogP contribution in [-0.2, 0) is 14.3 Å². The van der Waals surface area contributed by atoms with E-state index in [4.69, 9.17) is 10.5 Å². The molecule has 0 spiro atoms. The Labute approximate surface area is 106 Å². The number of carbonyl (C=O) groups excluding carboxylic acids is 2. The van der Waals surface area contributed by atoms with Gasteiger partial charge in [0.15, 0.2) is 0 Å².